The van der Waals surface area contributed by atoms with Gasteiger partial charge in [-0.25, -0.2) is 26.9 Å². The number of nitrogens with zero attached hydrogens (tertiary/aromatic N) is 6. The standard InChI is InChI=1S/C18H13Cl2F2N3O3.C16H11Cl2F2N3O2/c1-3-24-17(16-13(21)4-11(5-14(16)22)28-9(2)26)15(6-12(20)18(24)27)25-8-10(19)7-23-25;1-2-22-15(14-11(19)3-9(24)4-12(14)20)13(5-10(18)16(22)25)23-7-8(17)6-21-23/h4-8H,3H2,1-2H3;3-7,24H,2H2,1H3. The minimum atomic E-state index is -1.03. The van der Waals surface area contributed by atoms with Crippen molar-refractivity contribution in [2.75, 3.05) is 0 Å². The first-order valence-corrected chi connectivity index (χ1v) is 16.7. The van der Waals surface area contributed by atoms with Gasteiger partial charge in [0.2, 0.25) is 0 Å². The number of ether oxygens (including phenoxy) is 1. The van der Waals surface area contributed by atoms with E-state index in [0.717, 1.165) is 40.3 Å². The van der Waals surface area contributed by atoms with Crippen molar-refractivity contribution in [1.29, 1.82) is 0 Å². The number of benzene rings is 2. The number of phenolic OH excluding ortho intramolecular Hbond substituents is 1. The molecular formula is C34H24Cl4F4N6O5. The van der Waals surface area contributed by atoms with Crippen molar-refractivity contribution in [2.45, 2.75) is 33.9 Å². The third-order valence-electron chi connectivity index (χ3n) is 7.46. The molecule has 0 spiro atoms. The normalized spacial score (nSPS) is 11.0. The third-order valence-corrected chi connectivity index (χ3v) is 8.39. The Kier molecular flexibility index (Phi) is 11.7. The molecule has 4 heterocycles. The highest BCUT2D eigenvalue weighted by Gasteiger charge is 2.25. The van der Waals surface area contributed by atoms with E-state index in [9.17, 15) is 37.1 Å². The molecule has 0 unspecified atom stereocenters. The lowest BCUT2D eigenvalue weighted by atomic mass is 10.1. The van der Waals surface area contributed by atoms with Gasteiger partial charge in [-0.3, -0.25) is 14.4 Å². The van der Waals surface area contributed by atoms with Crippen LogP contribution in [-0.2, 0) is 17.9 Å². The molecule has 0 aliphatic carbocycles. The van der Waals surface area contributed by atoms with Gasteiger partial charge in [0, 0.05) is 56.7 Å². The van der Waals surface area contributed by atoms with E-state index in [4.69, 9.17) is 51.1 Å². The summed E-state index contributed by atoms with van der Waals surface area (Å²) in [6.45, 7) is 4.57. The molecule has 0 aliphatic heterocycles. The number of hydrogen-bond acceptors (Lipinski definition) is 7. The summed E-state index contributed by atoms with van der Waals surface area (Å²) in [5.74, 6) is -5.70. The van der Waals surface area contributed by atoms with Crippen molar-refractivity contribution in [1.82, 2.24) is 28.7 Å². The molecule has 276 valence electrons. The van der Waals surface area contributed by atoms with Gasteiger partial charge < -0.3 is 19.0 Å². The van der Waals surface area contributed by atoms with Crippen molar-refractivity contribution in [2.24, 2.45) is 0 Å². The molecule has 2 aromatic carbocycles. The van der Waals surface area contributed by atoms with Gasteiger partial charge in [-0.1, -0.05) is 46.4 Å². The summed E-state index contributed by atoms with van der Waals surface area (Å²) in [6.07, 6.45) is 5.49. The Morgan fingerprint density at radius 3 is 1.40 bits per heavy atom. The first kappa shape index (κ1) is 39.1. The molecule has 19 heteroatoms. The van der Waals surface area contributed by atoms with Gasteiger partial charge in [0.1, 0.15) is 44.8 Å². The molecule has 0 fully saturated rings. The van der Waals surface area contributed by atoms with Crippen molar-refractivity contribution in [3.63, 3.8) is 0 Å². The zero-order valence-electron chi connectivity index (χ0n) is 27.5. The predicted octanol–water partition coefficient (Wildman–Crippen LogP) is 8.24. The number of phenols is 1. The van der Waals surface area contributed by atoms with Crippen LogP contribution in [0.2, 0.25) is 20.1 Å². The monoisotopic (exact) mass is 812 g/mol. The molecule has 0 saturated carbocycles. The number of carbonyl (C=O) groups excluding carboxylic acids is 1. The molecule has 0 radical (unpaired) electrons. The van der Waals surface area contributed by atoms with E-state index in [1.54, 1.807) is 13.8 Å². The van der Waals surface area contributed by atoms with Crippen molar-refractivity contribution in [3.05, 3.63) is 125 Å². The predicted molar refractivity (Wildman–Crippen MR) is 191 cm³/mol. The quantitative estimate of drug-likeness (QED) is 0.0978. The van der Waals surface area contributed by atoms with Gasteiger partial charge in [0.05, 0.1) is 56.3 Å². The first-order chi connectivity index (χ1) is 25.1. The Hall–Kier alpha value is -5.09. The third kappa shape index (κ3) is 7.98. The van der Waals surface area contributed by atoms with Gasteiger partial charge in [-0.15, -0.1) is 0 Å². The Bertz CT molecular complexity index is 2470. The number of rotatable bonds is 7. The van der Waals surface area contributed by atoms with Crippen LogP contribution in [0.1, 0.15) is 20.8 Å². The molecule has 0 saturated heterocycles. The van der Waals surface area contributed by atoms with Crippen molar-refractivity contribution >= 4 is 52.4 Å². The average molecular weight is 814 g/mol. The summed E-state index contributed by atoms with van der Waals surface area (Å²) >= 11 is 23.8. The molecule has 0 bridgehead atoms. The minimum absolute atomic E-state index is 0.0633. The molecule has 4 aromatic heterocycles. The number of pyridine rings is 2. The SMILES string of the molecule is CCn1c(-c2c(F)cc(O)cc2F)c(-n2cc(Cl)cn2)cc(Cl)c1=O.CCn1c(-c2c(F)cc(OC(C)=O)cc2F)c(-n2cc(Cl)cn2)cc(Cl)c1=O. The Balaban J connectivity index is 0.000000206. The second-order valence-electron chi connectivity index (χ2n) is 10.9. The lowest BCUT2D eigenvalue weighted by Gasteiger charge is -2.18. The van der Waals surface area contributed by atoms with E-state index in [2.05, 4.69) is 10.2 Å². The minimum Gasteiger partial charge on any atom is -0.508 e. The topological polar surface area (TPSA) is 126 Å². The largest absolute Gasteiger partial charge is 0.508 e. The summed E-state index contributed by atoms with van der Waals surface area (Å²) in [7, 11) is 0. The molecule has 53 heavy (non-hydrogen) atoms. The first-order valence-electron chi connectivity index (χ1n) is 15.2. The van der Waals surface area contributed by atoms with E-state index >= 15 is 0 Å². The van der Waals surface area contributed by atoms with Crippen LogP contribution in [-0.4, -0.2) is 39.8 Å². The van der Waals surface area contributed by atoms with Crippen LogP contribution in [0.4, 0.5) is 17.6 Å². The van der Waals surface area contributed by atoms with Gasteiger partial charge in [-0.05, 0) is 26.0 Å². The maximum absolute atomic E-state index is 14.9. The summed E-state index contributed by atoms with van der Waals surface area (Å²) < 4.78 is 68.1. The Labute approximate surface area is 316 Å². The molecule has 0 amide bonds. The highest BCUT2D eigenvalue weighted by Crippen LogP contribution is 2.36. The fourth-order valence-electron chi connectivity index (χ4n) is 5.37. The van der Waals surface area contributed by atoms with Crippen LogP contribution < -0.4 is 15.9 Å². The molecule has 0 atom stereocenters. The Morgan fingerprint density at radius 1 is 0.698 bits per heavy atom. The van der Waals surface area contributed by atoms with Crippen LogP contribution in [0, 0.1) is 23.3 Å². The van der Waals surface area contributed by atoms with Crippen LogP contribution in [0.25, 0.3) is 33.9 Å². The lowest BCUT2D eigenvalue weighted by Crippen LogP contribution is -2.24. The van der Waals surface area contributed by atoms with Gasteiger partial charge in [-0.2, -0.15) is 10.2 Å². The molecule has 6 rings (SSSR count). The van der Waals surface area contributed by atoms with Crippen LogP contribution in [0.15, 0.2) is 70.8 Å². The summed E-state index contributed by atoms with van der Waals surface area (Å²) in [4.78, 5) is 35.9. The second kappa shape index (κ2) is 15.9. The molecule has 1 N–H and O–H groups in total. The number of aromatic hydroxyl groups is 1. The Morgan fingerprint density at radius 2 is 1.08 bits per heavy atom. The van der Waals surface area contributed by atoms with E-state index in [1.807, 2.05) is 0 Å². The van der Waals surface area contributed by atoms with E-state index in [1.165, 1.54) is 46.3 Å². The van der Waals surface area contributed by atoms with E-state index < -0.39 is 57.2 Å². The molecule has 6 aromatic rings. The maximum atomic E-state index is 14.9. The number of esters is 1. The van der Waals surface area contributed by atoms with Gasteiger partial charge >= 0.3 is 5.97 Å². The smallest absolute Gasteiger partial charge is 0.308 e. The second-order valence-corrected chi connectivity index (χ2v) is 12.6. The van der Waals surface area contributed by atoms with Crippen LogP contribution in [0.5, 0.6) is 11.5 Å². The highest BCUT2D eigenvalue weighted by atomic mass is 35.5. The summed E-state index contributed by atoms with van der Waals surface area (Å²) in [5, 5.41) is 17.7. The number of carbonyl (C=O) groups is 1. The van der Waals surface area contributed by atoms with Crippen molar-refractivity contribution in [3.8, 4) is 45.4 Å². The molecular weight excluding hydrogens is 790 g/mol. The summed E-state index contributed by atoms with van der Waals surface area (Å²) in [5.41, 5.74) is -2.02. The fourth-order valence-corrected chi connectivity index (χ4v) is 6.05. The van der Waals surface area contributed by atoms with Crippen molar-refractivity contribution < 1.29 is 32.2 Å². The molecule has 0 aliphatic rings. The average Bonchev–Trinajstić information content (AvgIpc) is 3.71. The van der Waals surface area contributed by atoms with E-state index in [-0.39, 0.29) is 56.7 Å². The maximum Gasteiger partial charge on any atom is 0.308 e. The van der Waals surface area contributed by atoms with Gasteiger partial charge in [0.15, 0.2) is 0 Å². The number of hydrogen-bond donors (Lipinski definition) is 1. The van der Waals surface area contributed by atoms with Crippen LogP contribution >= 0.6 is 46.4 Å². The molecule has 11 nitrogen and oxygen atoms in total. The number of aromatic nitrogens is 6. The van der Waals surface area contributed by atoms with Crippen LogP contribution in [0.3, 0.4) is 0 Å². The van der Waals surface area contributed by atoms with E-state index in [0.29, 0.717) is 5.02 Å². The fraction of sp³-hybridized carbons (Fsp3) is 0.147. The zero-order valence-corrected chi connectivity index (χ0v) is 30.5. The lowest BCUT2D eigenvalue weighted by molar-refractivity contribution is -0.131. The number of halogens is 8. The van der Waals surface area contributed by atoms with Gasteiger partial charge in [0.25, 0.3) is 11.1 Å². The summed E-state index contributed by atoms with van der Waals surface area (Å²) in [6, 6.07) is 5.76. The zero-order chi connectivity index (χ0) is 38.9. The highest BCUT2D eigenvalue weighted by molar-refractivity contribution is 6.31.